The minimum Gasteiger partial charge on any atom is -0.338 e. The molecule has 0 spiro atoms. The first-order valence-corrected chi connectivity index (χ1v) is 10.1. The third kappa shape index (κ3) is 4.47. The first kappa shape index (κ1) is 19.4. The van der Waals surface area contributed by atoms with Gasteiger partial charge in [0.25, 0.3) is 0 Å². The fraction of sp³-hybridized carbons (Fsp3) is 0.450. The standard InChI is InChI=1S/C20H26N4O2S/c1-14-18(27-15(2)22-14)11-12-21-20(26)23(3)17-10-7-13-24(19(17)25)16-8-5-4-6-9-16/h4-6,8-9,17H,7,10-13H2,1-3H3,(H,21,26). The topological polar surface area (TPSA) is 65.5 Å². The van der Waals surface area contributed by atoms with Crippen molar-refractivity contribution in [2.45, 2.75) is 39.2 Å². The lowest BCUT2D eigenvalue weighted by atomic mass is 10.0. The van der Waals surface area contributed by atoms with Crippen molar-refractivity contribution in [2.24, 2.45) is 0 Å². The summed E-state index contributed by atoms with van der Waals surface area (Å²) in [6, 6.07) is 9.01. The molecule has 144 valence electrons. The van der Waals surface area contributed by atoms with E-state index in [9.17, 15) is 9.59 Å². The number of anilines is 1. The van der Waals surface area contributed by atoms with Crippen LogP contribution in [0.25, 0.3) is 0 Å². The number of carbonyl (C=O) groups is 2. The Morgan fingerprint density at radius 3 is 2.74 bits per heavy atom. The molecule has 3 rings (SSSR count). The van der Waals surface area contributed by atoms with Crippen molar-refractivity contribution in [1.29, 1.82) is 0 Å². The summed E-state index contributed by atoms with van der Waals surface area (Å²) < 4.78 is 0. The fourth-order valence-electron chi connectivity index (χ4n) is 3.43. The van der Waals surface area contributed by atoms with Gasteiger partial charge in [-0.1, -0.05) is 18.2 Å². The average Bonchev–Trinajstić information content (AvgIpc) is 2.99. The lowest BCUT2D eigenvalue weighted by Crippen LogP contribution is -2.55. The first-order chi connectivity index (χ1) is 13.0. The maximum absolute atomic E-state index is 12.9. The van der Waals surface area contributed by atoms with Crippen LogP contribution in [0.5, 0.6) is 0 Å². The molecular weight excluding hydrogens is 360 g/mol. The van der Waals surface area contributed by atoms with E-state index in [0.29, 0.717) is 19.5 Å². The third-order valence-electron chi connectivity index (χ3n) is 4.89. The zero-order chi connectivity index (χ0) is 19.4. The van der Waals surface area contributed by atoms with Crippen LogP contribution in [-0.4, -0.2) is 48.0 Å². The number of hydrogen-bond donors (Lipinski definition) is 1. The Bertz CT molecular complexity index is 806. The third-order valence-corrected chi connectivity index (χ3v) is 6.03. The molecule has 0 aliphatic carbocycles. The van der Waals surface area contributed by atoms with Gasteiger partial charge in [-0.3, -0.25) is 4.79 Å². The highest BCUT2D eigenvalue weighted by atomic mass is 32.1. The van der Waals surface area contributed by atoms with Crippen molar-refractivity contribution in [1.82, 2.24) is 15.2 Å². The number of para-hydroxylation sites is 1. The van der Waals surface area contributed by atoms with Gasteiger partial charge in [0, 0.05) is 37.1 Å². The molecule has 1 N–H and O–H groups in total. The monoisotopic (exact) mass is 386 g/mol. The molecule has 2 heterocycles. The number of amides is 3. The molecule has 6 nitrogen and oxygen atoms in total. The number of hydrogen-bond acceptors (Lipinski definition) is 4. The molecule has 1 fully saturated rings. The molecule has 1 aliphatic rings. The highest BCUT2D eigenvalue weighted by Crippen LogP contribution is 2.23. The van der Waals surface area contributed by atoms with E-state index < -0.39 is 6.04 Å². The minimum atomic E-state index is -0.425. The zero-order valence-corrected chi connectivity index (χ0v) is 16.9. The van der Waals surface area contributed by atoms with Crippen LogP contribution in [0.1, 0.15) is 28.4 Å². The molecule has 1 saturated heterocycles. The zero-order valence-electron chi connectivity index (χ0n) is 16.1. The molecule has 1 unspecified atom stereocenters. The largest absolute Gasteiger partial charge is 0.338 e. The Labute approximate surface area is 164 Å². The van der Waals surface area contributed by atoms with Gasteiger partial charge in [-0.05, 0) is 38.8 Å². The van der Waals surface area contributed by atoms with Crippen molar-refractivity contribution in [2.75, 3.05) is 25.0 Å². The second-order valence-corrected chi connectivity index (χ2v) is 8.11. The van der Waals surface area contributed by atoms with Crippen LogP contribution in [0.3, 0.4) is 0 Å². The molecule has 27 heavy (non-hydrogen) atoms. The Kier molecular flexibility index (Phi) is 6.11. The van der Waals surface area contributed by atoms with Crippen LogP contribution >= 0.6 is 11.3 Å². The van der Waals surface area contributed by atoms with Crippen molar-refractivity contribution in [3.8, 4) is 0 Å². The summed E-state index contributed by atoms with van der Waals surface area (Å²) >= 11 is 1.66. The molecule has 7 heteroatoms. The maximum atomic E-state index is 12.9. The van der Waals surface area contributed by atoms with Gasteiger partial charge >= 0.3 is 6.03 Å². The van der Waals surface area contributed by atoms with Crippen molar-refractivity contribution in [3.63, 3.8) is 0 Å². The van der Waals surface area contributed by atoms with E-state index in [1.165, 1.54) is 4.88 Å². The highest BCUT2D eigenvalue weighted by molar-refractivity contribution is 7.11. The second-order valence-electron chi connectivity index (χ2n) is 6.82. The summed E-state index contributed by atoms with van der Waals surface area (Å²) in [7, 11) is 1.70. The second kappa shape index (κ2) is 8.52. The lowest BCUT2D eigenvalue weighted by Gasteiger charge is -2.36. The molecule has 0 radical (unpaired) electrons. The number of benzene rings is 1. The summed E-state index contributed by atoms with van der Waals surface area (Å²) in [5.74, 6) is -0.0148. The number of piperidine rings is 1. The molecule has 3 amide bonds. The number of likely N-dealkylation sites (N-methyl/N-ethyl adjacent to an activating group) is 1. The number of aromatic nitrogens is 1. The van der Waals surface area contributed by atoms with Crippen LogP contribution in [0.15, 0.2) is 30.3 Å². The van der Waals surface area contributed by atoms with Crippen LogP contribution in [0.4, 0.5) is 10.5 Å². The summed E-state index contributed by atoms with van der Waals surface area (Å²) in [4.78, 5) is 34.4. The molecular formula is C20H26N4O2S. The molecule has 1 atom stereocenters. The van der Waals surface area contributed by atoms with E-state index in [-0.39, 0.29) is 11.9 Å². The van der Waals surface area contributed by atoms with E-state index in [4.69, 9.17) is 0 Å². The van der Waals surface area contributed by atoms with Gasteiger partial charge in [0.05, 0.1) is 10.7 Å². The number of urea groups is 1. The number of rotatable bonds is 5. The van der Waals surface area contributed by atoms with Gasteiger partial charge in [-0.15, -0.1) is 11.3 Å². The van der Waals surface area contributed by atoms with Crippen molar-refractivity contribution >= 4 is 29.0 Å². The first-order valence-electron chi connectivity index (χ1n) is 9.27. The predicted octanol–water partition coefficient (Wildman–Crippen LogP) is 3.14. The quantitative estimate of drug-likeness (QED) is 0.859. The normalized spacial score (nSPS) is 17.1. The summed E-state index contributed by atoms with van der Waals surface area (Å²) in [6.07, 6.45) is 2.33. The molecule has 1 aromatic heterocycles. The summed E-state index contributed by atoms with van der Waals surface area (Å²) in [5.41, 5.74) is 1.91. The molecule has 2 aromatic rings. The van der Waals surface area contributed by atoms with E-state index in [1.54, 1.807) is 28.2 Å². The number of aryl methyl sites for hydroxylation is 2. The Morgan fingerprint density at radius 2 is 2.07 bits per heavy atom. The van der Waals surface area contributed by atoms with Crippen molar-refractivity contribution in [3.05, 3.63) is 45.9 Å². The predicted molar refractivity (Wildman–Crippen MR) is 108 cm³/mol. The summed E-state index contributed by atoms with van der Waals surface area (Å²) in [6.45, 7) is 5.21. The number of nitrogens with zero attached hydrogens (tertiary/aromatic N) is 3. The van der Waals surface area contributed by atoms with E-state index >= 15 is 0 Å². The van der Waals surface area contributed by atoms with Crippen LogP contribution < -0.4 is 10.2 Å². The van der Waals surface area contributed by atoms with E-state index in [2.05, 4.69) is 10.3 Å². The van der Waals surface area contributed by atoms with Gasteiger partial charge < -0.3 is 15.1 Å². The van der Waals surface area contributed by atoms with Crippen LogP contribution in [-0.2, 0) is 11.2 Å². The molecule has 1 aromatic carbocycles. The minimum absolute atomic E-state index is 0.0148. The Morgan fingerprint density at radius 1 is 1.33 bits per heavy atom. The Hall–Kier alpha value is -2.41. The summed E-state index contributed by atoms with van der Waals surface area (Å²) in [5, 5.41) is 3.98. The lowest BCUT2D eigenvalue weighted by molar-refractivity contribution is -0.123. The highest BCUT2D eigenvalue weighted by Gasteiger charge is 2.34. The van der Waals surface area contributed by atoms with Gasteiger partial charge in [0.1, 0.15) is 6.04 Å². The smallest absolute Gasteiger partial charge is 0.317 e. The SMILES string of the molecule is Cc1nc(C)c(CCNC(=O)N(C)C2CCCN(c3ccccc3)C2=O)s1. The number of thiazole rings is 1. The molecule has 1 aliphatic heterocycles. The van der Waals surface area contributed by atoms with E-state index in [1.807, 2.05) is 44.2 Å². The molecule has 0 bridgehead atoms. The Balaban J connectivity index is 1.57. The van der Waals surface area contributed by atoms with Gasteiger partial charge in [-0.2, -0.15) is 0 Å². The number of nitrogens with one attached hydrogen (secondary N) is 1. The fourth-order valence-corrected chi connectivity index (χ4v) is 4.37. The number of carbonyl (C=O) groups excluding carboxylic acids is 2. The van der Waals surface area contributed by atoms with Crippen LogP contribution in [0.2, 0.25) is 0 Å². The maximum Gasteiger partial charge on any atom is 0.317 e. The van der Waals surface area contributed by atoms with Gasteiger partial charge in [-0.25, -0.2) is 9.78 Å². The van der Waals surface area contributed by atoms with Gasteiger partial charge in [0.15, 0.2) is 0 Å². The van der Waals surface area contributed by atoms with Gasteiger partial charge in [0.2, 0.25) is 5.91 Å². The molecule has 0 saturated carbocycles. The van der Waals surface area contributed by atoms with Crippen molar-refractivity contribution < 1.29 is 9.59 Å². The average molecular weight is 387 g/mol. The van der Waals surface area contributed by atoms with Crippen LogP contribution in [0, 0.1) is 13.8 Å². The van der Waals surface area contributed by atoms with E-state index in [0.717, 1.165) is 29.2 Å².